The number of rotatable bonds is 7. The Kier molecular flexibility index (Phi) is 9.40. The molecule has 158 valence electrons. The fourth-order valence-corrected chi connectivity index (χ4v) is 5.52. The van der Waals surface area contributed by atoms with Gasteiger partial charge in [0.15, 0.2) is 0 Å². The predicted octanol–water partition coefficient (Wildman–Crippen LogP) is 8.35. The van der Waals surface area contributed by atoms with Crippen LogP contribution in [0.15, 0.2) is 36.4 Å². The van der Waals surface area contributed by atoms with Crippen LogP contribution in [0.5, 0.6) is 0 Å². The molecule has 3 rings (SSSR count). The maximum absolute atomic E-state index is 3.31. The molecule has 0 aromatic heterocycles. The Labute approximate surface area is 180 Å². The van der Waals surface area contributed by atoms with Crippen molar-refractivity contribution in [1.29, 1.82) is 0 Å². The van der Waals surface area contributed by atoms with Crippen molar-refractivity contribution in [1.82, 2.24) is 0 Å². The molecule has 29 heavy (non-hydrogen) atoms. The Balaban J connectivity index is 1.38. The van der Waals surface area contributed by atoms with Gasteiger partial charge in [-0.05, 0) is 98.8 Å². The van der Waals surface area contributed by atoms with E-state index in [1.165, 1.54) is 89.0 Å². The Hall–Kier alpha value is -1.48. The molecule has 0 aliphatic heterocycles. The van der Waals surface area contributed by atoms with Crippen molar-refractivity contribution in [2.24, 2.45) is 23.7 Å². The summed E-state index contributed by atoms with van der Waals surface area (Å²) in [5.74, 6) is 10.4. The molecule has 2 aliphatic carbocycles. The van der Waals surface area contributed by atoms with E-state index in [2.05, 4.69) is 62.1 Å². The van der Waals surface area contributed by atoms with Gasteiger partial charge in [-0.3, -0.25) is 0 Å². The molecule has 2 fully saturated rings. The Morgan fingerprint density at radius 3 is 2.10 bits per heavy atom. The second-order valence-electron chi connectivity index (χ2n) is 9.65. The van der Waals surface area contributed by atoms with Crippen LogP contribution in [0.25, 0.3) is 0 Å². The molecule has 0 heterocycles. The number of allylic oxidation sites excluding steroid dienone is 2. The third-order valence-corrected chi connectivity index (χ3v) is 7.64. The molecule has 1 aromatic rings. The van der Waals surface area contributed by atoms with Crippen molar-refractivity contribution >= 4 is 0 Å². The summed E-state index contributed by atoms with van der Waals surface area (Å²) >= 11 is 0. The van der Waals surface area contributed by atoms with E-state index >= 15 is 0 Å². The summed E-state index contributed by atoms with van der Waals surface area (Å²) in [5.41, 5.74) is 2.58. The summed E-state index contributed by atoms with van der Waals surface area (Å²) in [6.07, 6.45) is 22.7. The van der Waals surface area contributed by atoms with Gasteiger partial charge in [0.1, 0.15) is 0 Å². The van der Waals surface area contributed by atoms with Crippen LogP contribution in [0.3, 0.4) is 0 Å². The zero-order chi connectivity index (χ0) is 20.3. The van der Waals surface area contributed by atoms with E-state index in [0.717, 1.165) is 29.2 Å². The van der Waals surface area contributed by atoms with E-state index in [1.807, 2.05) is 0 Å². The van der Waals surface area contributed by atoms with Crippen LogP contribution in [0.2, 0.25) is 0 Å². The van der Waals surface area contributed by atoms with Gasteiger partial charge >= 0.3 is 0 Å². The van der Waals surface area contributed by atoms with Crippen molar-refractivity contribution in [3.05, 3.63) is 47.5 Å². The first kappa shape index (κ1) is 22.2. The Bertz CT molecular complexity index is 652. The highest BCUT2D eigenvalue weighted by atomic mass is 14.3. The summed E-state index contributed by atoms with van der Waals surface area (Å²) in [6.45, 7) is 4.63. The predicted molar refractivity (Wildman–Crippen MR) is 127 cm³/mol. The molecule has 0 amide bonds. The van der Waals surface area contributed by atoms with Gasteiger partial charge in [0.25, 0.3) is 0 Å². The van der Waals surface area contributed by atoms with Gasteiger partial charge < -0.3 is 0 Å². The third-order valence-electron chi connectivity index (χ3n) is 7.64. The molecule has 0 radical (unpaired) electrons. The van der Waals surface area contributed by atoms with Gasteiger partial charge in [0.2, 0.25) is 0 Å². The van der Waals surface area contributed by atoms with Gasteiger partial charge in [-0.2, -0.15) is 0 Å². The van der Waals surface area contributed by atoms with Crippen molar-refractivity contribution in [2.75, 3.05) is 0 Å². The monoisotopic (exact) mass is 390 g/mol. The molecule has 0 nitrogen and oxygen atoms in total. The van der Waals surface area contributed by atoms with E-state index in [1.54, 1.807) is 0 Å². The highest BCUT2D eigenvalue weighted by molar-refractivity contribution is 5.38. The van der Waals surface area contributed by atoms with Gasteiger partial charge in [-0.25, -0.2) is 0 Å². The lowest BCUT2D eigenvalue weighted by Crippen LogP contribution is -2.25. The molecular formula is C29H42. The maximum Gasteiger partial charge on any atom is 0.0249 e. The largest absolute Gasteiger partial charge is 0.0730 e. The molecule has 0 heteroatoms. The Morgan fingerprint density at radius 1 is 0.828 bits per heavy atom. The second kappa shape index (κ2) is 12.3. The Morgan fingerprint density at radius 2 is 1.48 bits per heavy atom. The van der Waals surface area contributed by atoms with Crippen LogP contribution < -0.4 is 0 Å². The minimum absolute atomic E-state index is 0.758. The minimum atomic E-state index is 0.758. The molecule has 0 spiro atoms. The zero-order valence-electron chi connectivity index (χ0n) is 19.0. The first-order valence-electron chi connectivity index (χ1n) is 12.6. The van der Waals surface area contributed by atoms with Gasteiger partial charge in [-0.15, -0.1) is 0 Å². The highest BCUT2D eigenvalue weighted by Crippen LogP contribution is 2.42. The number of hydrogen-bond donors (Lipinski definition) is 0. The average molecular weight is 391 g/mol. The molecule has 0 saturated heterocycles. The van der Waals surface area contributed by atoms with E-state index < -0.39 is 0 Å². The molecule has 0 bridgehead atoms. The first-order valence-corrected chi connectivity index (χ1v) is 12.6. The molecule has 1 aromatic carbocycles. The van der Waals surface area contributed by atoms with E-state index in [4.69, 9.17) is 0 Å². The van der Waals surface area contributed by atoms with E-state index in [9.17, 15) is 0 Å². The maximum atomic E-state index is 3.31. The summed E-state index contributed by atoms with van der Waals surface area (Å²) in [7, 11) is 0. The SMILES string of the molecule is CCCCCc1ccc(C#CC=C[C@H]2CC[C@H]([C@H]3CC[C@H](CC)CC3)CC2)cc1. The fraction of sp³-hybridized carbons (Fsp3) is 0.655. The second-order valence-corrected chi connectivity index (χ2v) is 9.65. The number of unbranched alkanes of at least 4 members (excludes halogenated alkanes) is 2. The van der Waals surface area contributed by atoms with E-state index in [0.29, 0.717) is 0 Å². The van der Waals surface area contributed by atoms with Gasteiger partial charge in [-0.1, -0.05) is 76.0 Å². The quantitative estimate of drug-likeness (QED) is 0.324. The highest BCUT2D eigenvalue weighted by Gasteiger charge is 2.29. The number of benzene rings is 1. The number of hydrogen-bond acceptors (Lipinski definition) is 0. The lowest BCUT2D eigenvalue weighted by atomic mass is 9.69. The topological polar surface area (TPSA) is 0 Å². The molecule has 0 atom stereocenters. The lowest BCUT2D eigenvalue weighted by molar-refractivity contribution is 0.154. The smallest absolute Gasteiger partial charge is 0.0249 e. The summed E-state index contributed by atoms with van der Waals surface area (Å²) < 4.78 is 0. The van der Waals surface area contributed by atoms with Gasteiger partial charge in [0.05, 0.1) is 0 Å². The summed E-state index contributed by atoms with van der Waals surface area (Å²) in [5, 5.41) is 0. The standard InChI is InChI=1S/C29H42/c1-3-5-6-9-25-12-14-26(15-13-25)10-7-8-11-27-18-22-29(23-19-27)28-20-16-24(4-2)17-21-28/h8,11-15,24,27-29H,3-6,9,16-23H2,1-2H3/t24-,27-,28-,29-. The van der Waals surface area contributed by atoms with Crippen molar-refractivity contribution in [2.45, 2.75) is 97.3 Å². The van der Waals surface area contributed by atoms with Crippen LogP contribution in [-0.4, -0.2) is 0 Å². The third kappa shape index (κ3) is 7.37. The first-order chi connectivity index (χ1) is 14.3. The summed E-state index contributed by atoms with van der Waals surface area (Å²) in [4.78, 5) is 0. The molecular weight excluding hydrogens is 348 g/mol. The lowest BCUT2D eigenvalue weighted by Gasteiger charge is -2.37. The zero-order valence-corrected chi connectivity index (χ0v) is 19.0. The molecule has 2 aliphatic rings. The average Bonchev–Trinajstić information content (AvgIpc) is 2.78. The number of aryl methyl sites for hydroxylation is 1. The van der Waals surface area contributed by atoms with Crippen molar-refractivity contribution in [3.63, 3.8) is 0 Å². The van der Waals surface area contributed by atoms with Gasteiger partial charge in [0, 0.05) is 5.56 Å². The van der Waals surface area contributed by atoms with Crippen LogP contribution in [0.4, 0.5) is 0 Å². The normalized spacial score (nSPS) is 27.5. The van der Waals surface area contributed by atoms with Crippen LogP contribution in [0, 0.1) is 35.5 Å². The van der Waals surface area contributed by atoms with Crippen molar-refractivity contribution in [3.8, 4) is 11.8 Å². The van der Waals surface area contributed by atoms with E-state index in [-0.39, 0.29) is 0 Å². The molecule has 0 unspecified atom stereocenters. The summed E-state index contributed by atoms with van der Waals surface area (Å²) in [6, 6.07) is 8.86. The van der Waals surface area contributed by atoms with Crippen LogP contribution in [0.1, 0.15) is 102 Å². The van der Waals surface area contributed by atoms with Crippen LogP contribution >= 0.6 is 0 Å². The fourth-order valence-electron chi connectivity index (χ4n) is 5.52. The molecule has 2 saturated carbocycles. The molecule has 0 N–H and O–H groups in total. The van der Waals surface area contributed by atoms with Crippen LogP contribution in [-0.2, 0) is 6.42 Å². The van der Waals surface area contributed by atoms with Crippen molar-refractivity contribution < 1.29 is 0 Å². The minimum Gasteiger partial charge on any atom is -0.0730 e.